The van der Waals surface area contributed by atoms with Crippen molar-refractivity contribution in [2.75, 3.05) is 0 Å². The van der Waals surface area contributed by atoms with Crippen LogP contribution in [0.2, 0.25) is 4.47 Å². The molecular weight excluding hydrogens is 315 g/mol. The number of carbonyl (C=O) groups excluding carboxylic acids is 1. The number of halogens is 4. The first-order valence-electron chi connectivity index (χ1n) is 5.28. The molecule has 2 heterocycles. The van der Waals surface area contributed by atoms with E-state index in [1.54, 1.807) is 6.07 Å². The summed E-state index contributed by atoms with van der Waals surface area (Å²) in [7, 11) is 0. The monoisotopic (exact) mass is 321 g/mol. The third-order valence-electron chi connectivity index (χ3n) is 2.23. The van der Waals surface area contributed by atoms with Gasteiger partial charge >= 0.3 is 12.1 Å². The fourth-order valence-corrected chi connectivity index (χ4v) is 2.37. The third kappa shape index (κ3) is 3.67. The van der Waals surface area contributed by atoms with Crippen molar-refractivity contribution < 1.29 is 18.0 Å². The van der Waals surface area contributed by atoms with Gasteiger partial charge in [0, 0.05) is 17.3 Å². The SMILES string of the molecule is O=C(N=c1ccccn1Cc1cnc(Cl)s1)C(F)(F)F. The summed E-state index contributed by atoms with van der Waals surface area (Å²) in [6.07, 6.45) is -1.94. The fourth-order valence-electron chi connectivity index (χ4n) is 1.39. The van der Waals surface area contributed by atoms with Crippen LogP contribution in [0.5, 0.6) is 0 Å². The maximum Gasteiger partial charge on any atom is 0.473 e. The average molecular weight is 322 g/mol. The Kier molecular flexibility index (Phi) is 4.24. The van der Waals surface area contributed by atoms with E-state index >= 15 is 0 Å². The van der Waals surface area contributed by atoms with Gasteiger partial charge in [0.25, 0.3) is 0 Å². The Morgan fingerprint density at radius 2 is 2.20 bits per heavy atom. The molecule has 4 nitrogen and oxygen atoms in total. The number of pyridine rings is 1. The minimum Gasteiger partial charge on any atom is -0.328 e. The lowest BCUT2D eigenvalue weighted by Crippen LogP contribution is -2.27. The highest BCUT2D eigenvalue weighted by atomic mass is 35.5. The molecule has 106 valence electrons. The van der Waals surface area contributed by atoms with Crippen LogP contribution < -0.4 is 5.49 Å². The van der Waals surface area contributed by atoms with E-state index < -0.39 is 12.1 Å². The van der Waals surface area contributed by atoms with Crippen LogP contribution in [0.4, 0.5) is 13.2 Å². The van der Waals surface area contributed by atoms with Crippen molar-refractivity contribution in [1.29, 1.82) is 0 Å². The summed E-state index contributed by atoms with van der Waals surface area (Å²) in [5.74, 6) is -2.14. The summed E-state index contributed by atoms with van der Waals surface area (Å²) >= 11 is 6.88. The molecule has 0 fully saturated rings. The molecule has 0 saturated heterocycles. The van der Waals surface area contributed by atoms with Crippen LogP contribution in [-0.4, -0.2) is 21.6 Å². The van der Waals surface area contributed by atoms with E-state index in [0.29, 0.717) is 4.47 Å². The Hall–Kier alpha value is -1.67. The van der Waals surface area contributed by atoms with Gasteiger partial charge < -0.3 is 4.57 Å². The molecule has 0 saturated carbocycles. The summed E-state index contributed by atoms with van der Waals surface area (Å²) in [5.41, 5.74) is -0.0839. The van der Waals surface area contributed by atoms with Gasteiger partial charge in [-0.2, -0.15) is 18.2 Å². The van der Waals surface area contributed by atoms with Crippen LogP contribution in [0.3, 0.4) is 0 Å². The molecule has 2 aromatic heterocycles. The van der Waals surface area contributed by atoms with Crippen molar-refractivity contribution in [3.05, 3.63) is 45.4 Å². The van der Waals surface area contributed by atoms with E-state index in [4.69, 9.17) is 11.6 Å². The maximum atomic E-state index is 12.2. The van der Waals surface area contributed by atoms with Crippen molar-refractivity contribution in [2.24, 2.45) is 4.99 Å². The van der Waals surface area contributed by atoms with Crippen LogP contribution in [0.1, 0.15) is 4.88 Å². The molecule has 0 unspecified atom stereocenters. The van der Waals surface area contributed by atoms with Crippen molar-refractivity contribution in [3.8, 4) is 0 Å². The van der Waals surface area contributed by atoms with E-state index in [1.807, 2.05) is 0 Å². The number of thiazole rings is 1. The number of rotatable bonds is 2. The first kappa shape index (κ1) is 14.7. The van der Waals surface area contributed by atoms with Gasteiger partial charge in [0.15, 0.2) is 4.47 Å². The van der Waals surface area contributed by atoms with Gasteiger partial charge in [-0.15, -0.1) is 11.3 Å². The molecule has 0 aromatic carbocycles. The lowest BCUT2D eigenvalue weighted by Gasteiger charge is -2.05. The van der Waals surface area contributed by atoms with E-state index in [9.17, 15) is 18.0 Å². The number of aromatic nitrogens is 2. The van der Waals surface area contributed by atoms with Crippen molar-refractivity contribution in [1.82, 2.24) is 9.55 Å². The highest BCUT2D eigenvalue weighted by Crippen LogP contribution is 2.18. The van der Waals surface area contributed by atoms with Crippen LogP contribution in [0, 0.1) is 0 Å². The second-order valence-corrected chi connectivity index (χ2v) is 5.38. The normalized spacial score (nSPS) is 12.7. The Morgan fingerprint density at radius 1 is 1.45 bits per heavy atom. The zero-order chi connectivity index (χ0) is 14.8. The van der Waals surface area contributed by atoms with Gasteiger partial charge in [-0.3, -0.25) is 4.79 Å². The van der Waals surface area contributed by atoms with Crippen LogP contribution in [0.15, 0.2) is 35.6 Å². The molecule has 9 heteroatoms. The highest BCUT2D eigenvalue weighted by Gasteiger charge is 2.38. The first-order chi connectivity index (χ1) is 9.36. The summed E-state index contributed by atoms with van der Waals surface area (Å²) in [6, 6.07) is 4.45. The van der Waals surface area contributed by atoms with Crippen molar-refractivity contribution in [2.45, 2.75) is 12.7 Å². The predicted octanol–water partition coefficient (Wildman–Crippen LogP) is 2.64. The van der Waals surface area contributed by atoms with Crippen molar-refractivity contribution in [3.63, 3.8) is 0 Å². The van der Waals surface area contributed by atoms with Gasteiger partial charge in [-0.25, -0.2) is 4.98 Å². The number of nitrogens with zero attached hydrogens (tertiary/aromatic N) is 3. The second-order valence-electron chi connectivity index (χ2n) is 3.68. The van der Waals surface area contributed by atoms with Crippen LogP contribution in [-0.2, 0) is 11.3 Å². The fraction of sp³-hybridized carbons (Fsp3) is 0.182. The Labute approximate surface area is 120 Å². The number of amides is 1. The molecule has 0 spiro atoms. The quantitative estimate of drug-likeness (QED) is 0.853. The Bertz CT molecular complexity index is 692. The molecule has 0 radical (unpaired) electrons. The number of alkyl halides is 3. The molecule has 0 bridgehead atoms. The number of carbonyl (C=O) groups is 1. The standard InChI is InChI=1S/C11H7ClF3N3OS/c12-10-16-5-7(20-10)6-18-4-2-1-3-8(18)17-9(19)11(13,14)15/h1-5H,6H2. The second kappa shape index (κ2) is 5.76. The molecule has 0 atom stereocenters. The van der Waals surface area contributed by atoms with Crippen LogP contribution >= 0.6 is 22.9 Å². The topological polar surface area (TPSA) is 47.2 Å². The molecule has 2 aromatic rings. The highest BCUT2D eigenvalue weighted by molar-refractivity contribution is 7.15. The number of hydrogen-bond acceptors (Lipinski definition) is 3. The van der Waals surface area contributed by atoms with E-state index in [-0.39, 0.29) is 12.0 Å². The van der Waals surface area contributed by atoms with E-state index in [2.05, 4.69) is 9.98 Å². The molecular formula is C11H7ClF3N3OS. The predicted molar refractivity (Wildman–Crippen MR) is 67.3 cm³/mol. The Morgan fingerprint density at radius 3 is 2.80 bits per heavy atom. The van der Waals surface area contributed by atoms with Gasteiger partial charge in [-0.05, 0) is 12.1 Å². The zero-order valence-electron chi connectivity index (χ0n) is 9.76. The van der Waals surface area contributed by atoms with E-state index in [1.165, 1.54) is 40.4 Å². The van der Waals surface area contributed by atoms with Gasteiger partial charge in [-0.1, -0.05) is 17.7 Å². The Balaban J connectivity index is 2.36. The van der Waals surface area contributed by atoms with Gasteiger partial charge in [0.1, 0.15) is 5.49 Å². The third-order valence-corrected chi connectivity index (χ3v) is 3.33. The molecule has 0 aliphatic carbocycles. The molecule has 2 rings (SSSR count). The van der Waals surface area contributed by atoms with Crippen molar-refractivity contribution >= 4 is 28.8 Å². The molecule has 1 amide bonds. The summed E-state index contributed by atoms with van der Waals surface area (Å²) in [5, 5.41) is 0. The lowest BCUT2D eigenvalue weighted by molar-refractivity contribution is -0.169. The van der Waals surface area contributed by atoms with Gasteiger partial charge in [0.05, 0.1) is 6.54 Å². The van der Waals surface area contributed by atoms with E-state index in [0.717, 1.165) is 4.88 Å². The summed E-state index contributed by atoms with van der Waals surface area (Å²) in [4.78, 5) is 18.6. The minimum absolute atomic E-state index is 0.0839. The molecule has 0 N–H and O–H groups in total. The number of hydrogen-bond donors (Lipinski definition) is 0. The smallest absolute Gasteiger partial charge is 0.328 e. The largest absolute Gasteiger partial charge is 0.473 e. The molecule has 0 aliphatic rings. The summed E-state index contributed by atoms with van der Waals surface area (Å²) < 4.78 is 38.4. The first-order valence-corrected chi connectivity index (χ1v) is 6.47. The average Bonchev–Trinajstić information content (AvgIpc) is 2.76. The molecule has 20 heavy (non-hydrogen) atoms. The maximum absolute atomic E-state index is 12.2. The molecule has 0 aliphatic heterocycles. The summed E-state index contributed by atoms with van der Waals surface area (Å²) in [6.45, 7) is 0.231. The minimum atomic E-state index is -4.98. The lowest BCUT2D eigenvalue weighted by atomic mass is 10.4. The van der Waals surface area contributed by atoms with Gasteiger partial charge in [0.2, 0.25) is 0 Å². The zero-order valence-corrected chi connectivity index (χ0v) is 11.3. The van der Waals surface area contributed by atoms with Crippen LogP contribution in [0.25, 0.3) is 0 Å².